The SMILES string of the molecule is CCOC(=O)c1sc(N2C(=O)C(=O)C(=C(O)c3ccc(C)cc3)C2c2ccc(OCc3ccccc3)c(OCC)c2)nc1C. The number of aliphatic hydroxyl groups is 1. The lowest BCUT2D eigenvalue weighted by Gasteiger charge is -2.24. The van der Waals surface area contributed by atoms with Crippen molar-refractivity contribution in [2.45, 2.75) is 40.3 Å². The van der Waals surface area contributed by atoms with E-state index in [9.17, 15) is 19.5 Å². The lowest BCUT2D eigenvalue weighted by Crippen LogP contribution is -2.29. The average molecular weight is 613 g/mol. The number of amides is 1. The molecule has 1 amide bonds. The van der Waals surface area contributed by atoms with Crippen LogP contribution in [0.2, 0.25) is 0 Å². The van der Waals surface area contributed by atoms with E-state index in [4.69, 9.17) is 14.2 Å². The Kier molecular flexibility index (Phi) is 9.10. The fraction of sp³-hybridized carbons (Fsp3) is 0.235. The predicted octanol–water partition coefficient (Wildman–Crippen LogP) is 6.54. The number of hydrogen-bond acceptors (Lipinski definition) is 9. The number of ketones is 1. The van der Waals surface area contributed by atoms with Crippen LogP contribution >= 0.6 is 11.3 Å². The second kappa shape index (κ2) is 13.1. The third-order valence-electron chi connectivity index (χ3n) is 7.04. The maximum atomic E-state index is 13.7. The van der Waals surface area contributed by atoms with Crippen LogP contribution in [-0.2, 0) is 20.9 Å². The van der Waals surface area contributed by atoms with Crippen molar-refractivity contribution < 1.29 is 33.7 Å². The highest BCUT2D eigenvalue weighted by molar-refractivity contribution is 7.17. The van der Waals surface area contributed by atoms with Crippen molar-refractivity contribution in [1.82, 2.24) is 4.98 Å². The summed E-state index contributed by atoms with van der Waals surface area (Å²) in [6.07, 6.45) is 0. The Hall–Kier alpha value is -4.96. The molecule has 1 aliphatic heterocycles. The number of nitrogens with zero attached hydrogens (tertiary/aromatic N) is 2. The van der Waals surface area contributed by atoms with E-state index in [1.165, 1.54) is 4.90 Å². The van der Waals surface area contributed by atoms with Crippen LogP contribution in [-0.4, -0.2) is 41.0 Å². The number of aliphatic hydroxyl groups excluding tert-OH is 1. The number of ether oxygens (including phenoxy) is 3. The van der Waals surface area contributed by atoms with Gasteiger partial charge in [0.05, 0.1) is 30.5 Å². The molecule has 1 unspecified atom stereocenters. The van der Waals surface area contributed by atoms with Gasteiger partial charge >= 0.3 is 11.9 Å². The maximum Gasteiger partial charge on any atom is 0.350 e. The van der Waals surface area contributed by atoms with Crippen LogP contribution in [0.15, 0.2) is 78.4 Å². The van der Waals surface area contributed by atoms with Crippen molar-refractivity contribution in [2.75, 3.05) is 18.1 Å². The fourth-order valence-corrected chi connectivity index (χ4v) is 5.89. The van der Waals surface area contributed by atoms with Gasteiger partial charge in [0.1, 0.15) is 17.2 Å². The number of aromatic nitrogens is 1. The van der Waals surface area contributed by atoms with Gasteiger partial charge in [0.25, 0.3) is 5.78 Å². The predicted molar refractivity (Wildman–Crippen MR) is 167 cm³/mol. The van der Waals surface area contributed by atoms with Crippen molar-refractivity contribution in [2.24, 2.45) is 0 Å². The summed E-state index contributed by atoms with van der Waals surface area (Å²) in [4.78, 5) is 45.8. The molecule has 44 heavy (non-hydrogen) atoms. The summed E-state index contributed by atoms with van der Waals surface area (Å²) in [6, 6.07) is 20.7. The van der Waals surface area contributed by atoms with Crippen LogP contribution < -0.4 is 14.4 Å². The van der Waals surface area contributed by atoms with Crippen molar-refractivity contribution in [3.63, 3.8) is 0 Å². The molecular formula is C34H32N2O7S. The van der Waals surface area contributed by atoms with Gasteiger partial charge in [-0.3, -0.25) is 14.5 Å². The lowest BCUT2D eigenvalue weighted by molar-refractivity contribution is -0.132. The molecule has 0 aliphatic carbocycles. The van der Waals surface area contributed by atoms with Gasteiger partial charge in [-0.15, -0.1) is 0 Å². The van der Waals surface area contributed by atoms with E-state index < -0.39 is 23.7 Å². The summed E-state index contributed by atoms with van der Waals surface area (Å²) in [6.45, 7) is 7.89. The van der Waals surface area contributed by atoms with Crippen LogP contribution in [0, 0.1) is 13.8 Å². The molecule has 9 nitrogen and oxygen atoms in total. The van der Waals surface area contributed by atoms with Gasteiger partial charge in [-0.2, -0.15) is 0 Å². The minimum Gasteiger partial charge on any atom is -0.507 e. The lowest BCUT2D eigenvalue weighted by atomic mass is 9.95. The highest BCUT2D eigenvalue weighted by Crippen LogP contribution is 2.45. The van der Waals surface area contributed by atoms with E-state index in [0.717, 1.165) is 22.5 Å². The molecule has 2 heterocycles. The molecule has 1 aliphatic rings. The van der Waals surface area contributed by atoms with Crippen molar-refractivity contribution in [3.05, 3.63) is 111 Å². The zero-order chi connectivity index (χ0) is 31.4. The number of carbonyl (C=O) groups excluding carboxylic acids is 3. The number of hydrogen-bond donors (Lipinski definition) is 1. The average Bonchev–Trinajstić information content (AvgIpc) is 3.53. The highest BCUT2D eigenvalue weighted by Gasteiger charge is 2.48. The van der Waals surface area contributed by atoms with Crippen LogP contribution in [0.1, 0.15) is 57.5 Å². The number of benzene rings is 3. The van der Waals surface area contributed by atoms with Gasteiger partial charge < -0.3 is 19.3 Å². The maximum absolute atomic E-state index is 13.7. The summed E-state index contributed by atoms with van der Waals surface area (Å²) >= 11 is 0.951. The number of esters is 1. The molecule has 1 saturated heterocycles. The summed E-state index contributed by atoms with van der Waals surface area (Å²) in [5.41, 5.74) is 3.07. The Bertz CT molecular complexity index is 1730. The van der Waals surface area contributed by atoms with Gasteiger partial charge in [0.2, 0.25) is 0 Å². The summed E-state index contributed by atoms with van der Waals surface area (Å²) in [7, 11) is 0. The normalized spacial score (nSPS) is 15.8. The summed E-state index contributed by atoms with van der Waals surface area (Å²) < 4.78 is 17.2. The number of carbonyl (C=O) groups is 3. The van der Waals surface area contributed by atoms with Crippen molar-refractivity contribution in [1.29, 1.82) is 0 Å². The van der Waals surface area contributed by atoms with Crippen molar-refractivity contribution >= 4 is 39.9 Å². The van der Waals surface area contributed by atoms with Gasteiger partial charge in [-0.1, -0.05) is 77.6 Å². The number of rotatable bonds is 10. The molecule has 1 N–H and O–H groups in total. The Labute approximate surface area is 259 Å². The molecule has 1 fully saturated rings. The van der Waals surface area contributed by atoms with E-state index in [1.54, 1.807) is 44.2 Å². The monoisotopic (exact) mass is 612 g/mol. The second-order valence-corrected chi connectivity index (χ2v) is 11.1. The molecule has 5 rings (SSSR count). The van der Waals surface area contributed by atoms with Gasteiger partial charge in [-0.25, -0.2) is 9.78 Å². The van der Waals surface area contributed by atoms with Crippen molar-refractivity contribution in [3.8, 4) is 11.5 Å². The molecular weight excluding hydrogens is 580 g/mol. The molecule has 0 spiro atoms. The topological polar surface area (TPSA) is 115 Å². The summed E-state index contributed by atoms with van der Waals surface area (Å²) in [5.74, 6) is -1.76. The standard InChI is InChI=1S/C34H32N2O7S/c1-5-41-26-18-24(16-17-25(26)43-19-22-10-8-7-9-11-22)28-27(29(37)23-14-12-20(3)13-15-23)30(38)32(39)36(28)34-35-21(4)31(44-34)33(40)42-6-2/h7-18,28,37H,5-6,19H2,1-4H3. The molecule has 4 aromatic rings. The first kappa shape index (κ1) is 30.5. The first-order valence-electron chi connectivity index (χ1n) is 14.2. The van der Waals surface area contributed by atoms with Crippen LogP contribution in [0.3, 0.4) is 0 Å². The Morgan fingerprint density at radius 3 is 2.34 bits per heavy atom. The molecule has 1 aromatic heterocycles. The van der Waals surface area contributed by atoms with E-state index in [2.05, 4.69) is 4.98 Å². The molecule has 0 radical (unpaired) electrons. The summed E-state index contributed by atoms with van der Waals surface area (Å²) in [5, 5.41) is 11.6. The molecule has 0 bridgehead atoms. The van der Waals surface area contributed by atoms with Gasteiger partial charge in [0.15, 0.2) is 16.6 Å². The molecule has 10 heteroatoms. The number of aryl methyl sites for hydroxylation is 2. The number of anilines is 1. The molecule has 0 saturated carbocycles. The number of thiazole rings is 1. The minimum absolute atomic E-state index is 0.107. The molecule has 226 valence electrons. The fourth-order valence-electron chi connectivity index (χ4n) is 4.90. The third-order valence-corrected chi connectivity index (χ3v) is 8.18. The third kappa shape index (κ3) is 6.07. The largest absolute Gasteiger partial charge is 0.507 e. The zero-order valence-electron chi connectivity index (χ0n) is 24.8. The van der Waals surface area contributed by atoms with Crippen LogP contribution in [0.4, 0.5) is 5.13 Å². The molecule has 3 aromatic carbocycles. The Morgan fingerprint density at radius 1 is 0.932 bits per heavy atom. The van der Waals surface area contributed by atoms with E-state index in [1.807, 2.05) is 56.3 Å². The van der Waals surface area contributed by atoms with Crippen LogP contribution in [0.25, 0.3) is 5.76 Å². The van der Waals surface area contributed by atoms with Crippen LogP contribution in [0.5, 0.6) is 11.5 Å². The number of Topliss-reactive ketones (excluding diaryl/α,β-unsaturated/α-hetero) is 1. The minimum atomic E-state index is -1.07. The highest BCUT2D eigenvalue weighted by atomic mass is 32.1. The first-order valence-corrected chi connectivity index (χ1v) is 15.0. The second-order valence-electron chi connectivity index (χ2n) is 10.1. The van der Waals surface area contributed by atoms with Gasteiger partial charge in [-0.05, 0) is 51.0 Å². The quantitative estimate of drug-likeness (QED) is 0.0929. The van der Waals surface area contributed by atoms with E-state index in [-0.39, 0.29) is 27.9 Å². The zero-order valence-corrected chi connectivity index (χ0v) is 25.6. The molecule has 1 atom stereocenters. The van der Waals surface area contributed by atoms with Gasteiger partial charge in [0, 0.05) is 5.56 Å². The van der Waals surface area contributed by atoms with E-state index >= 15 is 0 Å². The Morgan fingerprint density at radius 2 is 1.66 bits per heavy atom. The Balaban J connectivity index is 1.64. The smallest absolute Gasteiger partial charge is 0.350 e. The first-order chi connectivity index (χ1) is 21.2. The van der Waals surface area contributed by atoms with E-state index in [0.29, 0.717) is 41.5 Å².